The highest BCUT2D eigenvalue weighted by atomic mass is 35.5. The third-order valence-corrected chi connectivity index (χ3v) is 3.58. The molecule has 2 N–H and O–H groups in total. The van der Waals surface area contributed by atoms with E-state index in [1.54, 1.807) is 19.2 Å². The molecule has 1 saturated heterocycles. The average Bonchev–Trinajstić information content (AvgIpc) is 2.54. The number of rotatable bonds is 5. The Morgan fingerprint density at radius 1 is 1.14 bits per heavy atom. The predicted octanol–water partition coefficient (Wildman–Crippen LogP) is 1.62. The molecular weight excluding hydrogens is 308 g/mol. The van der Waals surface area contributed by atoms with Crippen LogP contribution in [0.4, 0.5) is 0 Å². The molecule has 1 unspecified atom stereocenters. The molecule has 22 heavy (non-hydrogen) atoms. The van der Waals surface area contributed by atoms with E-state index >= 15 is 0 Å². The van der Waals surface area contributed by atoms with Crippen LogP contribution < -0.4 is 24.8 Å². The molecule has 0 spiro atoms. The minimum atomic E-state index is -0.165. The van der Waals surface area contributed by atoms with Crippen molar-refractivity contribution in [2.45, 2.75) is 18.9 Å². The fourth-order valence-corrected chi connectivity index (χ4v) is 2.44. The predicted molar refractivity (Wildman–Crippen MR) is 86.7 cm³/mol. The average molecular weight is 331 g/mol. The van der Waals surface area contributed by atoms with Gasteiger partial charge in [-0.05, 0) is 19.4 Å². The number of ether oxygens (including phenoxy) is 3. The van der Waals surface area contributed by atoms with Gasteiger partial charge in [-0.3, -0.25) is 4.79 Å². The van der Waals surface area contributed by atoms with Crippen molar-refractivity contribution in [3.8, 4) is 17.2 Å². The number of hydrogen-bond donors (Lipinski definition) is 2. The van der Waals surface area contributed by atoms with Gasteiger partial charge in [0.05, 0.1) is 26.9 Å². The summed E-state index contributed by atoms with van der Waals surface area (Å²) in [5, 5.41) is 6.29. The highest BCUT2D eigenvalue weighted by molar-refractivity contribution is 5.98. The second-order valence-electron chi connectivity index (χ2n) is 4.92. The first kappa shape index (κ1) is 18.4. The van der Waals surface area contributed by atoms with Crippen LogP contribution in [0.5, 0.6) is 17.2 Å². The van der Waals surface area contributed by atoms with Crippen LogP contribution in [0.15, 0.2) is 12.1 Å². The maximum absolute atomic E-state index is 12.4. The molecule has 1 fully saturated rings. The van der Waals surface area contributed by atoms with E-state index in [9.17, 15) is 4.79 Å². The van der Waals surface area contributed by atoms with Crippen LogP contribution in [-0.2, 0) is 0 Å². The first-order valence-corrected chi connectivity index (χ1v) is 7.01. The van der Waals surface area contributed by atoms with Gasteiger partial charge in [0, 0.05) is 24.7 Å². The summed E-state index contributed by atoms with van der Waals surface area (Å²) in [4.78, 5) is 12.4. The van der Waals surface area contributed by atoms with Gasteiger partial charge >= 0.3 is 0 Å². The molecule has 1 aromatic carbocycles. The van der Waals surface area contributed by atoms with Crippen molar-refractivity contribution >= 4 is 18.3 Å². The lowest BCUT2D eigenvalue weighted by molar-refractivity contribution is 0.0927. The van der Waals surface area contributed by atoms with E-state index in [0.717, 1.165) is 25.9 Å². The molecule has 2 rings (SSSR count). The van der Waals surface area contributed by atoms with Crippen LogP contribution in [0, 0.1) is 0 Å². The molecule has 1 aliphatic rings. The third-order valence-electron chi connectivity index (χ3n) is 3.58. The molecule has 0 saturated carbocycles. The van der Waals surface area contributed by atoms with Gasteiger partial charge in [-0.1, -0.05) is 0 Å². The topological polar surface area (TPSA) is 68.8 Å². The SMILES string of the molecule is COc1cc(OC)c(C(=O)NC2CCCNC2)cc1OC.Cl. The van der Waals surface area contributed by atoms with Gasteiger partial charge in [0.2, 0.25) is 0 Å². The van der Waals surface area contributed by atoms with Crippen molar-refractivity contribution in [1.82, 2.24) is 10.6 Å². The molecule has 0 bridgehead atoms. The largest absolute Gasteiger partial charge is 0.496 e. The Balaban J connectivity index is 0.00000242. The summed E-state index contributed by atoms with van der Waals surface area (Å²) in [5.41, 5.74) is 0.445. The number of carbonyl (C=O) groups is 1. The minimum absolute atomic E-state index is 0. The number of halogens is 1. The van der Waals surface area contributed by atoms with Crippen molar-refractivity contribution < 1.29 is 19.0 Å². The minimum Gasteiger partial charge on any atom is -0.496 e. The van der Waals surface area contributed by atoms with Gasteiger partial charge in [-0.15, -0.1) is 12.4 Å². The zero-order valence-electron chi connectivity index (χ0n) is 13.1. The zero-order chi connectivity index (χ0) is 15.2. The molecule has 124 valence electrons. The van der Waals surface area contributed by atoms with Crippen molar-refractivity contribution in [2.75, 3.05) is 34.4 Å². The summed E-state index contributed by atoms with van der Waals surface area (Å²) in [7, 11) is 4.61. The summed E-state index contributed by atoms with van der Waals surface area (Å²) >= 11 is 0. The summed E-state index contributed by atoms with van der Waals surface area (Å²) < 4.78 is 15.7. The highest BCUT2D eigenvalue weighted by Gasteiger charge is 2.21. The number of hydrogen-bond acceptors (Lipinski definition) is 5. The Bertz CT molecular complexity index is 505. The Labute approximate surface area is 136 Å². The van der Waals surface area contributed by atoms with Gasteiger partial charge in [-0.2, -0.15) is 0 Å². The van der Waals surface area contributed by atoms with Crippen molar-refractivity contribution in [3.63, 3.8) is 0 Å². The number of carbonyl (C=O) groups excluding carboxylic acids is 1. The normalized spacial score (nSPS) is 17.1. The van der Waals surface area contributed by atoms with E-state index in [4.69, 9.17) is 14.2 Å². The van der Waals surface area contributed by atoms with Crippen LogP contribution in [0.2, 0.25) is 0 Å². The standard InChI is InChI=1S/C15H22N2O4.ClH/c1-19-12-8-14(21-3)13(20-2)7-11(12)15(18)17-10-5-4-6-16-9-10;/h7-8,10,16H,4-6,9H2,1-3H3,(H,17,18);1H. The Hall–Kier alpha value is -1.66. The van der Waals surface area contributed by atoms with E-state index in [1.807, 2.05) is 0 Å². The second kappa shape index (κ2) is 8.70. The number of amides is 1. The Morgan fingerprint density at radius 3 is 2.32 bits per heavy atom. The fraction of sp³-hybridized carbons (Fsp3) is 0.533. The van der Waals surface area contributed by atoms with Crippen molar-refractivity contribution in [3.05, 3.63) is 17.7 Å². The molecule has 1 atom stereocenters. The lowest BCUT2D eigenvalue weighted by atomic mass is 10.1. The third kappa shape index (κ3) is 4.18. The molecule has 7 heteroatoms. The summed E-state index contributed by atoms with van der Waals surface area (Å²) in [5.74, 6) is 1.34. The highest BCUT2D eigenvalue weighted by Crippen LogP contribution is 2.34. The second-order valence-corrected chi connectivity index (χ2v) is 4.92. The van der Waals surface area contributed by atoms with Crippen LogP contribution in [0.25, 0.3) is 0 Å². The Morgan fingerprint density at radius 2 is 1.77 bits per heavy atom. The summed E-state index contributed by atoms with van der Waals surface area (Å²) in [6, 6.07) is 3.44. The van der Waals surface area contributed by atoms with E-state index in [0.29, 0.717) is 22.8 Å². The Kier molecular flexibility index (Phi) is 7.27. The van der Waals surface area contributed by atoms with Gasteiger partial charge in [0.15, 0.2) is 11.5 Å². The van der Waals surface area contributed by atoms with E-state index < -0.39 is 0 Å². The lowest BCUT2D eigenvalue weighted by Gasteiger charge is -2.24. The van der Waals surface area contributed by atoms with Crippen LogP contribution in [0.1, 0.15) is 23.2 Å². The van der Waals surface area contributed by atoms with Crippen molar-refractivity contribution in [2.24, 2.45) is 0 Å². The summed E-state index contributed by atoms with van der Waals surface area (Å²) in [6.45, 7) is 1.80. The smallest absolute Gasteiger partial charge is 0.255 e. The van der Waals surface area contributed by atoms with Crippen LogP contribution >= 0.6 is 12.4 Å². The first-order chi connectivity index (χ1) is 10.2. The molecule has 0 aromatic heterocycles. The molecule has 0 radical (unpaired) electrons. The summed E-state index contributed by atoms with van der Waals surface area (Å²) in [6.07, 6.45) is 2.04. The van der Waals surface area contributed by atoms with E-state index in [1.165, 1.54) is 14.2 Å². The zero-order valence-corrected chi connectivity index (χ0v) is 13.9. The van der Waals surface area contributed by atoms with Gasteiger partial charge in [0.25, 0.3) is 5.91 Å². The van der Waals surface area contributed by atoms with Gasteiger partial charge in [0.1, 0.15) is 5.75 Å². The van der Waals surface area contributed by atoms with Crippen LogP contribution in [0.3, 0.4) is 0 Å². The molecule has 1 aromatic rings. The lowest BCUT2D eigenvalue weighted by Crippen LogP contribution is -2.45. The molecule has 1 heterocycles. The molecule has 1 amide bonds. The maximum atomic E-state index is 12.4. The molecule has 6 nitrogen and oxygen atoms in total. The van der Waals surface area contributed by atoms with Crippen LogP contribution in [-0.4, -0.2) is 46.4 Å². The van der Waals surface area contributed by atoms with E-state index in [2.05, 4.69) is 10.6 Å². The number of methoxy groups -OCH3 is 3. The number of piperidine rings is 1. The quantitative estimate of drug-likeness (QED) is 0.858. The molecular formula is C15H23ClN2O4. The maximum Gasteiger partial charge on any atom is 0.255 e. The van der Waals surface area contributed by atoms with Crippen molar-refractivity contribution in [1.29, 1.82) is 0 Å². The van der Waals surface area contributed by atoms with Gasteiger partial charge in [-0.25, -0.2) is 0 Å². The van der Waals surface area contributed by atoms with E-state index in [-0.39, 0.29) is 24.4 Å². The monoisotopic (exact) mass is 330 g/mol. The number of nitrogens with one attached hydrogen (secondary N) is 2. The van der Waals surface area contributed by atoms with Gasteiger partial charge < -0.3 is 24.8 Å². The molecule has 1 aliphatic heterocycles. The fourth-order valence-electron chi connectivity index (χ4n) is 2.44. The molecule has 0 aliphatic carbocycles. The first-order valence-electron chi connectivity index (χ1n) is 7.01. The number of benzene rings is 1.